The fourth-order valence-corrected chi connectivity index (χ4v) is 2.43. The molecule has 0 aliphatic heterocycles. The van der Waals surface area contributed by atoms with Crippen LogP contribution in [0.1, 0.15) is 0 Å². The van der Waals surface area contributed by atoms with E-state index >= 15 is 0 Å². The number of hydrogen-bond donors (Lipinski definition) is 0. The van der Waals surface area contributed by atoms with Crippen molar-refractivity contribution in [3.05, 3.63) is 73.1 Å². The van der Waals surface area contributed by atoms with E-state index in [0.29, 0.717) is 5.69 Å². The highest BCUT2D eigenvalue weighted by Crippen LogP contribution is 2.23. The third-order valence-electron chi connectivity index (χ3n) is 3.52. The highest BCUT2D eigenvalue weighted by molar-refractivity contribution is 5.60. The summed E-state index contributed by atoms with van der Waals surface area (Å²) < 4.78 is 8.11. The van der Waals surface area contributed by atoms with Crippen LogP contribution >= 0.6 is 0 Å². The lowest BCUT2D eigenvalue weighted by Crippen LogP contribution is -2.34. The lowest BCUT2D eigenvalue weighted by molar-refractivity contribution is -0.660. The fraction of sp³-hybridized carbons (Fsp3) is 0. The Labute approximate surface area is 131 Å². The molecule has 23 heavy (non-hydrogen) atoms. The average molecular weight is 304 g/mol. The van der Waals surface area contributed by atoms with Crippen molar-refractivity contribution in [1.82, 2.24) is 15.1 Å². The zero-order valence-corrected chi connectivity index (χ0v) is 12.0. The van der Waals surface area contributed by atoms with Gasteiger partial charge in [0.2, 0.25) is 5.69 Å². The SMILES string of the molecule is [O-]c1on[n+](-c2ccc(-n3cccn3)cc2)c1-c1ccccc1. The first-order valence-corrected chi connectivity index (χ1v) is 7.08. The van der Waals surface area contributed by atoms with Crippen LogP contribution in [0.25, 0.3) is 22.6 Å². The highest BCUT2D eigenvalue weighted by atomic mass is 16.6. The van der Waals surface area contributed by atoms with Crippen molar-refractivity contribution in [3.63, 3.8) is 0 Å². The number of nitrogens with zero attached hydrogens (tertiary/aromatic N) is 4. The van der Waals surface area contributed by atoms with Crippen molar-refractivity contribution in [2.75, 3.05) is 0 Å². The molecule has 2 heterocycles. The molecule has 0 atom stereocenters. The minimum Gasteiger partial charge on any atom is -0.539 e. The predicted octanol–water partition coefficient (Wildman–Crippen LogP) is 1.88. The summed E-state index contributed by atoms with van der Waals surface area (Å²) in [5, 5.41) is 20.0. The second kappa shape index (κ2) is 5.42. The molecule has 0 N–H and O–H groups in total. The number of hydrogen-bond acceptors (Lipinski definition) is 4. The van der Waals surface area contributed by atoms with Gasteiger partial charge in [-0.2, -0.15) is 5.10 Å². The summed E-state index contributed by atoms with van der Waals surface area (Å²) in [5.74, 6) is -0.465. The Morgan fingerprint density at radius 3 is 2.43 bits per heavy atom. The maximum absolute atomic E-state index is 12.0. The zero-order chi connectivity index (χ0) is 15.6. The van der Waals surface area contributed by atoms with Crippen LogP contribution in [0.3, 0.4) is 0 Å². The van der Waals surface area contributed by atoms with Crippen LogP contribution in [0.5, 0.6) is 5.95 Å². The summed E-state index contributed by atoms with van der Waals surface area (Å²) >= 11 is 0. The van der Waals surface area contributed by atoms with Crippen molar-refractivity contribution in [2.45, 2.75) is 0 Å². The first kappa shape index (κ1) is 13.3. The summed E-state index contributed by atoms with van der Waals surface area (Å²) in [6.07, 6.45) is 3.58. The normalized spacial score (nSPS) is 10.8. The van der Waals surface area contributed by atoms with Crippen LogP contribution in [-0.4, -0.2) is 15.1 Å². The van der Waals surface area contributed by atoms with Crippen LogP contribution in [0, 0.1) is 0 Å². The molecule has 2 aromatic carbocycles. The van der Waals surface area contributed by atoms with E-state index in [1.807, 2.05) is 66.9 Å². The molecule has 0 amide bonds. The lowest BCUT2D eigenvalue weighted by atomic mass is 10.1. The van der Waals surface area contributed by atoms with Gasteiger partial charge in [0.05, 0.1) is 16.5 Å². The van der Waals surface area contributed by atoms with Gasteiger partial charge in [-0.1, -0.05) is 18.2 Å². The van der Waals surface area contributed by atoms with Gasteiger partial charge in [0.25, 0.3) is 5.69 Å². The van der Waals surface area contributed by atoms with Crippen LogP contribution in [0.15, 0.2) is 77.6 Å². The minimum atomic E-state index is -0.465. The molecule has 4 rings (SSSR count). The molecule has 2 aromatic heterocycles. The van der Waals surface area contributed by atoms with E-state index in [1.54, 1.807) is 10.9 Å². The first-order chi connectivity index (χ1) is 11.3. The molecule has 6 heteroatoms. The van der Waals surface area contributed by atoms with Crippen molar-refractivity contribution < 1.29 is 14.3 Å². The van der Waals surface area contributed by atoms with Gasteiger partial charge in [0, 0.05) is 24.5 Å². The quantitative estimate of drug-likeness (QED) is 0.542. The molecule has 0 saturated heterocycles. The number of benzene rings is 2. The largest absolute Gasteiger partial charge is 0.539 e. The van der Waals surface area contributed by atoms with Gasteiger partial charge in [-0.05, 0) is 35.0 Å². The van der Waals surface area contributed by atoms with Gasteiger partial charge in [-0.25, -0.2) is 4.68 Å². The van der Waals surface area contributed by atoms with Crippen LogP contribution in [-0.2, 0) is 0 Å². The third-order valence-corrected chi connectivity index (χ3v) is 3.52. The summed E-state index contributed by atoms with van der Waals surface area (Å²) in [4.78, 5) is 0. The number of rotatable bonds is 3. The molecular formula is C17H12N4O2. The Kier molecular flexibility index (Phi) is 3.12. The molecule has 6 nitrogen and oxygen atoms in total. The van der Waals surface area contributed by atoms with E-state index in [9.17, 15) is 5.11 Å². The molecule has 0 unspecified atom stereocenters. The van der Waals surface area contributed by atoms with Crippen molar-refractivity contribution in [2.24, 2.45) is 0 Å². The lowest BCUT2D eigenvalue weighted by Gasteiger charge is -2.01. The first-order valence-electron chi connectivity index (χ1n) is 7.08. The maximum Gasteiger partial charge on any atom is 0.270 e. The van der Waals surface area contributed by atoms with Gasteiger partial charge in [0.1, 0.15) is 0 Å². The Morgan fingerprint density at radius 2 is 1.74 bits per heavy atom. The number of aromatic nitrogens is 4. The second-order valence-corrected chi connectivity index (χ2v) is 4.95. The molecular weight excluding hydrogens is 292 g/mol. The van der Waals surface area contributed by atoms with E-state index in [1.165, 1.54) is 4.68 Å². The monoisotopic (exact) mass is 304 g/mol. The molecule has 4 aromatic rings. The Hall–Kier alpha value is -3.41. The Balaban J connectivity index is 1.77. The van der Waals surface area contributed by atoms with E-state index in [-0.39, 0.29) is 0 Å². The Morgan fingerprint density at radius 1 is 0.957 bits per heavy atom. The summed E-state index contributed by atoms with van der Waals surface area (Å²) in [5.41, 5.74) is 2.82. The summed E-state index contributed by atoms with van der Waals surface area (Å²) in [6, 6.07) is 18.7. The third kappa shape index (κ3) is 2.36. The Bertz CT molecular complexity index is 913. The van der Waals surface area contributed by atoms with Crippen molar-refractivity contribution in [3.8, 4) is 28.6 Å². The summed E-state index contributed by atoms with van der Waals surface area (Å²) in [6.45, 7) is 0. The van der Waals surface area contributed by atoms with E-state index < -0.39 is 5.95 Å². The van der Waals surface area contributed by atoms with Crippen molar-refractivity contribution >= 4 is 0 Å². The van der Waals surface area contributed by atoms with Gasteiger partial charge in [-0.3, -0.25) is 0 Å². The zero-order valence-electron chi connectivity index (χ0n) is 12.0. The topological polar surface area (TPSA) is 70.8 Å². The van der Waals surface area contributed by atoms with Gasteiger partial charge >= 0.3 is 0 Å². The molecule has 112 valence electrons. The van der Waals surface area contributed by atoms with Crippen LogP contribution in [0.4, 0.5) is 0 Å². The van der Waals surface area contributed by atoms with Gasteiger partial charge < -0.3 is 9.63 Å². The van der Waals surface area contributed by atoms with Crippen LogP contribution in [0.2, 0.25) is 0 Å². The average Bonchev–Trinajstić information content (AvgIpc) is 3.25. The van der Waals surface area contributed by atoms with E-state index in [2.05, 4.69) is 10.4 Å². The summed E-state index contributed by atoms with van der Waals surface area (Å²) in [7, 11) is 0. The highest BCUT2D eigenvalue weighted by Gasteiger charge is 2.21. The molecule has 0 aliphatic rings. The smallest absolute Gasteiger partial charge is 0.270 e. The van der Waals surface area contributed by atoms with E-state index in [0.717, 1.165) is 16.9 Å². The molecule has 0 bridgehead atoms. The molecule has 0 spiro atoms. The standard InChI is InChI=1S/C17H12N4O2/c22-17-16(13-5-2-1-3-6-13)21(19-23-17)15-9-7-14(8-10-15)20-12-4-11-18-20/h1-12H. The van der Waals surface area contributed by atoms with Gasteiger partial charge in [0.15, 0.2) is 5.95 Å². The molecule has 0 fully saturated rings. The van der Waals surface area contributed by atoms with Gasteiger partial charge in [-0.15, -0.1) is 0 Å². The van der Waals surface area contributed by atoms with E-state index in [4.69, 9.17) is 4.52 Å². The molecule has 0 saturated carbocycles. The van der Waals surface area contributed by atoms with Crippen LogP contribution < -0.4 is 9.79 Å². The predicted molar refractivity (Wildman–Crippen MR) is 80.0 cm³/mol. The minimum absolute atomic E-state index is 0.400. The molecule has 0 radical (unpaired) electrons. The van der Waals surface area contributed by atoms with Crippen molar-refractivity contribution in [1.29, 1.82) is 0 Å². The fourth-order valence-electron chi connectivity index (χ4n) is 2.43. The second-order valence-electron chi connectivity index (χ2n) is 4.95. The molecule has 0 aliphatic carbocycles. The maximum atomic E-state index is 12.0.